The van der Waals surface area contributed by atoms with Gasteiger partial charge in [-0.25, -0.2) is 0 Å². The summed E-state index contributed by atoms with van der Waals surface area (Å²) >= 11 is 4.89. The Kier molecular flexibility index (Phi) is 4.71. The summed E-state index contributed by atoms with van der Waals surface area (Å²) in [4.78, 5) is 2.52. The van der Waals surface area contributed by atoms with Crippen molar-refractivity contribution in [2.45, 2.75) is 6.92 Å². The van der Waals surface area contributed by atoms with Gasteiger partial charge in [0, 0.05) is 31.5 Å². The maximum Gasteiger partial charge on any atom is 0.103 e. The smallest absolute Gasteiger partial charge is 0.103 e. The summed E-state index contributed by atoms with van der Waals surface area (Å²) in [5.41, 5.74) is 7.50. The van der Waals surface area contributed by atoms with Gasteiger partial charge in [-0.2, -0.15) is 0 Å². The minimum Gasteiger partial charge on any atom is -0.396 e. The largest absolute Gasteiger partial charge is 0.396 e. The van der Waals surface area contributed by atoms with E-state index in [1.807, 2.05) is 38.2 Å². The normalized spacial score (nSPS) is 12.2. The zero-order chi connectivity index (χ0) is 12.1. The van der Waals surface area contributed by atoms with Crippen molar-refractivity contribution in [2.24, 2.45) is 11.7 Å². The fraction of sp³-hybridized carbons (Fsp3) is 0.417. The van der Waals surface area contributed by atoms with Gasteiger partial charge in [0.05, 0.1) is 0 Å². The molecule has 0 fully saturated rings. The molecule has 0 saturated carbocycles. The molecule has 0 spiro atoms. The maximum absolute atomic E-state index is 8.99. The van der Waals surface area contributed by atoms with Crippen LogP contribution in [0.15, 0.2) is 24.3 Å². The molecule has 1 aromatic rings. The monoisotopic (exact) mass is 238 g/mol. The van der Waals surface area contributed by atoms with Gasteiger partial charge in [0.15, 0.2) is 0 Å². The molecule has 0 aliphatic heterocycles. The van der Waals surface area contributed by atoms with Crippen molar-refractivity contribution in [3.05, 3.63) is 29.8 Å². The Hall–Kier alpha value is -1.13. The topological polar surface area (TPSA) is 49.5 Å². The summed E-state index contributed by atoms with van der Waals surface area (Å²) in [5.74, 6) is 0.264. The van der Waals surface area contributed by atoms with Gasteiger partial charge in [0.25, 0.3) is 0 Å². The van der Waals surface area contributed by atoms with E-state index in [0.717, 1.165) is 17.8 Å². The Labute approximate surface area is 102 Å². The van der Waals surface area contributed by atoms with E-state index in [0.29, 0.717) is 4.99 Å². The highest BCUT2D eigenvalue weighted by molar-refractivity contribution is 7.80. The Morgan fingerprint density at radius 3 is 2.44 bits per heavy atom. The standard InChI is InChI=1S/C12H18N2OS/c1-9(8-15)7-14(2)11-5-3-10(4-6-11)12(13)16/h3-6,9,15H,7-8H2,1-2H3,(H2,13,16). The number of nitrogens with zero attached hydrogens (tertiary/aromatic N) is 1. The van der Waals surface area contributed by atoms with Gasteiger partial charge in [-0.3, -0.25) is 0 Å². The zero-order valence-electron chi connectivity index (χ0n) is 9.68. The minimum absolute atomic E-state index is 0.204. The number of aliphatic hydroxyl groups is 1. The number of hydrogen-bond donors (Lipinski definition) is 2. The average Bonchev–Trinajstić information content (AvgIpc) is 2.28. The second-order valence-electron chi connectivity index (χ2n) is 4.08. The number of hydrogen-bond acceptors (Lipinski definition) is 3. The first-order chi connectivity index (χ1) is 7.54. The van der Waals surface area contributed by atoms with E-state index in [4.69, 9.17) is 23.1 Å². The molecule has 1 atom stereocenters. The van der Waals surface area contributed by atoms with Gasteiger partial charge in [-0.15, -0.1) is 0 Å². The third-order valence-corrected chi connectivity index (χ3v) is 2.73. The van der Waals surface area contributed by atoms with Crippen molar-refractivity contribution in [3.63, 3.8) is 0 Å². The lowest BCUT2D eigenvalue weighted by Crippen LogP contribution is -2.25. The van der Waals surface area contributed by atoms with E-state index in [9.17, 15) is 0 Å². The Morgan fingerprint density at radius 2 is 2.00 bits per heavy atom. The lowest BCUT2D eigenvalue weighted by Gasteiger charge is -2.22. The number of nitrogens with two attached hydrogens (primary N) is 1. The predicted octanol–water partition coefficient (Wildman–Crippen LogP) is 1.39. The van der Waals surface area contributed by atoms with Crippen molar-refractivity contribution in [1.29, 1.82) is 0 Å². The fourth-order valence-corrected chi connectivity index (χ4v) is 1.65. The van der Waals surface area contributed by atoms with Crippen molar-refractivity contribution < 1.29 is 5.11 Å². The quantitative estimate of drug-likeness (QED) is 0.761. The molecule has 16 heavy (non-hydrogen) atoms. The number of benzene rings is 1. The summed E-state index contributed by atoms with van der Waals surface area (Å²) in [7, 11) is 2.00. The van der Waals surface area contributed by atoms with Gasteiger partial charge >= 0.3 is 0 Å². The molecule has 0 saturated heterocycles. The van der Waals surface area contributed by atoms with Crippen LogP contribution in [0.2, 0.25) is 0 Å². The Bertz CT molecular complexity index is 351. The predicted molar refractivity (Wildman–Crippen MR) is 71.8 cm³/mol. The number of anilines is 1. The van der Waals surface area contributed by atoms with Crippen molar-refractivity contribution >= 4 is 22.9 Å². The van der Waals surface area contributed by atoms with Crippen LogP contribution in [0.1, 0.15) is 12.5 Å². The number of aliphatic hydroxyl groups excluding tert-OH is 1. The molecule has 0 heterocycles. The third kappa shape index (κ3) is 3.47. The van der Waals surface area contributed by atoms with Gasteiger partial charge < -0.3 is 15.7 Å². The molecule has 4 heteroatoms. The first-order valence-electron chi connectivity index (χ1n) is 5.26. The first-order valence-corrected chi connectivity index (χ1v) is 5.67. The molecule has 0 aliphatic carbocycles. The van der Waals surface area contributed by atoms with E-state index in [2.05, 4.69) is 4.90 Å². The summed E-state index contributed by atoms with van der Waals surface area (Å²) in [5, 5.41) is 8.99. The van der Waals surface area contributed by atoms with E-state index < -0.39 is 0 Å². The van der Waals surface area contributed by atoms with Gasteiger partial charge in [0.1, 0.15) is 4.99 Å². The molecule has 1 unspecified atom stereocenters. The van der Waals surface area contributed by atoms with Crippen LogP contribution in [0.25, 0.3) is 0 Å². The van der Waals surface area contributed by atoms with Crippen LogP contribution in [0, 0.1) is 5.92 Å². The molecule has 0 amide bonds. The zero-order valence-corrected chi connectivity index (χ0v) is 10.5. The minimum atomic E-state index is 0.204. The molecule has 0 radical (unpaired) electrons. The lowest BCUT2D eigenvalue weighted by atomic mass is 10.1. The van der Waals surface area contributed by atoms with E-state index >= 15 is 0 Å². The summed E-state index contributed by atoms with van der Waals surface area (Å²) in [6, 6.07) is 7.80. The van der Waals surface area contributed by atoms with E-state index in [-0.39, 0.29) is 12.5 Å². The number of thiocarbonyl (C=S) groups is 1. The molecule has 0 bridgehead atoms. The van der Waals surface area contributed by atoms with Crippen LogP contribution in [0.5, 0.6) is 0 Å². The molecule has 1 aromatic carbocycles. The second-order valence-corrected chi connectivity index (χ2v) is 4.52. The van der Waals surface area contributed by atoms with E-state index in [1.165, 1.54) is 0 Å². The van der Waals surface area contributed by atoms with Crippen LogP contribution in [0.4, 0.5) is 5.69 Å². The molecule has 0 aromatic heterocycles. The molecule has 3 nitrogen and oxygen atoms in total. The van der Waals surface area contributed by atoms with Crippen molar-refractivity contribution in [3.8, 4) is 0 Å². The first kappa shape index (κ1) is 12.9. The summed E-state index contributed by atoms with van der Waals surface area (Å²) in [6.07, 6.45) is 0. The lowest BCUT2D eigenvalue weighted by molar-refractivity contribution is 0.240. The van der Waals surface area contributed by atoms with Crippen LogP contribution in [-0.2, 0) is 0 Å². The maximum atomic E-state index is 8.99. The van der Waals surface area contributed by atoms with Gasteiger partial charge in [-0.1, -0.05) is 19.1 Å². The molecule has 1 rings (SSSR count). The van der Waals surface area contributed by atoms with E-state index in [1.54, 1.807) is 0 Å². The Morgan fingerprint density at radius 1 is 1.44 bits per heavy atom. The molecule has 88 valence electrons. The highest BCUT2D eigenvalue weighted by Crippen LogP contribution is 2.15. The van der Waals surface area contributed by atoms with Crippen LogP contribution >= 0.6 is 12.2 Å². The third-order valence-electron chi connectivity index (χ3n) is 2.49. The second kappa shape index (κ2) is 5.82. The molecular formula is C12H18N2OS. The van der Waals surface area contributed by atoms with Gasteiger partial charge in [-0.05, 0) is 30.2 Å². The van der Waals surface area contributed by atoms with Crippen molar-refractivity contribution in [1.82, 2.24) is 0 Å². The highest BCUT2D eigenvalue weighted by Gasteiger charge is 2.06. The fourth-order valence-electron chi connectivity index (χ4n) is 1.51. The van der Waals surface area contributed by atoms with Crippen LogP contribution in [0.3, 0.4) is 0 Å². The summed E-state index contributed by atoms with van der Waals surface area (Å²) < 4.78 is 0. The Balaban J connectivity index is 2.70. The molecular weight excluding hydrogens is 220 g/mol. The summed E-state index contributed by atoms with van der Waals surface area (Å²) in [6.45, 7) is 3.04. The van der Waals surface area contributed by atoms with Crippen molar-refractivity contribution in [2.75, 3.05) is 25.1 Å². The SMILES string of the molecule is CC(CO)CN(C)c1ccc(C(N)=S)cc1. The average molecular weight is 238 g/mol. The number of rotatable bonds is 5. The van der Waals surface area contributed by atoms with Crippen LogP contribution in [-0.4, -0.2) is 30.3 Å². The van der Waals surface area contributed by atoms with Crippen LogP contribution < -0.4 is 10.6 Å². The molecule has 0 aliphatic rings. The molecule has 3 N–H and O–H groups in total. The highest BCUT2D eigenvalue weighted by atomic mass is 32.1. The van der Waals surface area contributed by atoms with Gasteiger partial charge in [0.2, 0.25) is 0 Å².